The highest BCUT2D eigenvalue weighted by Gasteiger charge is 2.11. The Morgan fingerprint density at radius 2 is 1.56 bits per heavy atom. The van der Waals surface area contributed by atoms with Gasteiger partial charge >= 0.3 is 0 Å². The van der Waals surface area contributed by atoms with E-state index in [1.165, 1.54) is 0 Å². The number of halogens is 5. The van der Waals surface area contributed by atoms with Gasteiger partial charge in [-0.2, -0.15) is 0 Å². The van der Waals surface area contributed by atoms with Crippen LogP contribution in [0.1, 0.15) is 11.4 Å². The largest absolute Gasteiger partial charge is 0.218 e. The smallest absolute Gasteiger partial charge is 0.197 e. The average molecular weight is 326 g/mol. The second kappa shape index (κ2) is 5.57. The molecule has 94 valence electrons. The van der Waals surface area contributed by atoms with E-state index in [4.69, 9.17) is 46.4 Å². The van der Waals surface area contributed by atoms with Gasteiger partial charge in [0.25, 0.3) is 0 Å². The zero-order valence-electron chi connectivity index (χ0n) is 8.72. The van der Waals surface area contributed by atoms with Crippen molar-refractivity contribution in [2.24, 2.45) is 0 Å². The minimum Gasteiger partial charge on any atom is -0.218 e. The summed E-state index contributed by atoms with van der Waals surface area (Å²) in [5, 5.41) is 0.278. The summed E-state index contributed by atoms with van der Waals surface area (Å²) in [6.45, 7) is 0. The summed E-state index contributed by atoms with van der Waals surface area (Å²) in [5.41, 5.74) is 0.822. The van der Waals surface area contributed by atoms with E-state index < -0.39 is 5.82 Å². The van der Waals surface area contributed by atoms with Crippen molar-refractivity contribution in [2.75, 3.05) is 0 Å². The van der Waals surface area contributed by atoms with Crippen LogP contribution in [0.4, 0.5) is 4.39 Å². The van der Waals surface area contributed by atoms with Crippen molar-refractivity contribution < 1.29 is 4.39 Å². The summed E-state index contributed by atoms with van der Waals surface area (Å²) in [6.07, 6.45) is 0.330. The molecule has 0 amide bonds. The van der Waals surface area contributed by atoms with Gasteiger partial charge in [-0.25, -0.2) is 14.4 Å². The van der Waals surface area contributed by atoms with Gasteiger partial charge in [-0.15, -0.1) is 0 Å². The van der Waals surface area contributed by atoms with Crippen molar-refractivity contribution in [3.05, 3.63) is 55.8 Å². The van der Waals surface area contributed by atoms with Crippen molar-refractivity contribution in [3.8, 4) is 0 Å². The standard InChI is InChI=1S/C11H5Cl4FN2/c12-6-2-1-5(3-7(6)13)4-8-17-10(14)9(16)11(15)18-8/h1-3H,4H2. The Morgan fingerprint density at radius 3 is 2.11 bits per heavy atom. The van der Waals surface area contributed by atoms with E-state index in [0.717, 1.165) is 5.56 Å². The maximum absolute atomic E-state index is 13.1. The molecule has 0 aliphatic rings. The Labute approximate surface area is 123 Å². The van der Waals surface area contributed by atoms with Crippen LogP contribution in [0.3, 0.4) is 0 Å². The molecule has 0 unspecified atom stereocenters. The van der Waals surface area contributed by atoms with E-state index in [2.05, 4.69) is 9.97 Å². The van der Waals surface area contributed by atoms with Crippen LogP contribution in [0.25, 0.3) is 0 Å². The fourth-order valence-electron chi connectivity index (χ4n) is 1.35. The van der Waals surface area contributed by atoms with E-state index in [9.17, 15) is 4.39 Å². The van der Waals surface area contributed by atoms with Crippen molar-refractivity contribution in [1.29, 1.82) is 0 Å². The molecule has 0 radical (unpaired) electrons. The van der Waals surface area contributed by atoms with Gasteiger partial charge < -0.3 is 0 Å². The molecule has 0 spiro atoms. The Kier molecular flexibility index (Phi) is 4.28. The summed E-state index contributed by atoms with van der Waals surface area (Å²) in [5.74, 6) is -0.513. The number of hydrogen-bond donors (Lipinski definition) is 0. The molecule has 1 aromatic heterocycles. The van der Waals surface area contributed by atoms with Gasteiger partial charge in [-0.05, 0) is 17.7 Å². The Bertz CT molecular complexity index is 581. The van der Waals surface area contributed by atoms with Crippen LogP contribution in [0.15, 0.2) is 18.2 Å². The van der Waals surface area contributed by atoms with Crippen molar-refractivity contribution >= 4 is 46.4 Å². The van der Waals surface area contributed by atoms with Crippen molar-refractivity contribution in [2.45, 2.75) is 6.42 Å². The summed E-state index contributed by atoms with van der Waals surface area (Å²) < 4.78 is 13.1. The molecule has 0 bridgehead atoms. The number of rotatable bonds is 2. The lowest BCUT2D eigenvalue weighted by atomic mass is 10.1. The van der Waals surface area contributed by atoms with Crippen LogP contribution < -0.4 is 0 Å². The predicted molar refractivity (Wildman–Crippen MR) is 71.3 cm³/mol. The number of nitrogens with zero attached hydrogens (tertiary/aromatic N) is 2. The highest BCUT2D eigenvalue weighted by Crippen LogP contribution is 2.24. The maximum atomic E-state index is 13.1. The number of benzene rings is 1. The zero-order valence-corrected chi connectivity index (χ0v) is 11.7. The molecule has 2 aromatic rings. The fraction of sp³-hybridized carbons (Fsp3) is 0.0909. The van der Waals surface area contributed by atoms with Gasteiger partial charge in [0.05, 0.1) is 10.0 Å². The summed E-state index contributed by atoms with van der Waals surface area (Å²) >= 11 is 22.9. The lowest BCUT2D eigenvalue weighted by molar-refractivity contribution is 0.611. The predicted octanol–water partition coefficient (Wildman–Crippen LogP) is 4.82. The first-order valence-electron chi connectivity index (χ1n) is 4.78. The fourth-order valence-corrected chi connectivity index (χ4v) is 2.09. The Balaban J connectivity index is 2.31. The van der Waals surface area contributed by atoms with Gasteiger partial charge in [0.15, 0.2) is 16.1 Å². The first kappa shape index (κ1) is 13.8. The molecule has 18 heavy (non-hydrogen) atoms. The second-order valence-electron chi connectivity index (χ2n) is 3.46. The summed E-state index contributed by atoms with van der Waals surface area (Å²) in [7, 11) is 0. The van der Waals surface area contributed by atoms with Crippen LogP contribution in [-0.2, 0) is 6.42 Å². The third kappa shape index (κ3) is 3.04. The van der Waals surface area contributed by atoms with Crippen LogP contribution in [-0.4, -0.2) is 9.97 Å². The molecule has 0 N–H and O–H groups in total. The SMILES string of the molecule is Fc1c(Cl)nc(Cc2ccc(Cl)c(Cl)c2)nc1Cl. The molecule has 0 saturated carbocycles. The minimum atomic E-state index is -0.823. The molecule has 0 aliphatic heterocycles. The molecule has 7 heteroatoms. The van der Waals surface area contributed by atoms with Gasteiger partial charge in [0.1, 0.15) is 5.82 Å². The highest BCUT2D eigenvalue weighted by atomic mass is 35.5. The van der Waals surface area contributed by atoms with Gasteiger partial charge in [0.2, 0.25) is 0 Å². The molecule has 1 aromatic carbocycles. The lowest BCUT2D eigenvalue weighted by Crippen LogP contribution is -2.00. The van der Waals surface area contributed by atoms with Gasteiger partial charge in [-0.3, -0.25) is 0 Å². The van der Waals surface area contributed by atoms with Gasteiger partial charge in [0, 0.05) is 6.42 Å². The number of hydrogen-bond acceptors (Lipinski definition) is 2. The van der Waals surface area contributed by atoms with Crippen molar-refractivity contribution in [3.63, 3.8) is 0 Å². The Morgan fingerprint density at radius 1 is 0.944 bits per heavy atom. The van der Waals surface area contributed by atoms with E-state index in [-0.39, 0.29) is 10.3 Å². The van der Waals surface area contributed by atoms with E-state index in [1.807, 2.05) is 0 Å². The van der Waals surface area contributed by atoms with E-state index in [0.29, 0.717) is 22.3 Å². The first-order valence-corrected chi connectivity index (χ1v) is 6.30. The zero-order chi connectivity index (χ0) is 13.3. The molecular weight excluding hydrogens is 321 g/mol. The monoisotopic (exact) mass is 324 g/mol. The molecule has 0 saturated heterocycles. The van der Waals surface area contributed by atoms with Crippen LogP contribution in [0, 0.1) is 5.82 Å². The highest BCUT2D eigenvalue weighted by molar-refractivity contribution is 6.42. The summed E-state index contributed by atoms with van der Waals surface area (Å²) in [6, 6.07) is 5.10. The molecule has 0 atom stereocenters. The van der Waals surface area contributed by atoms with E-state index in [1.54, 1.807) is 18.2 Å². The van der Waals surface area contributed by atoms with Crippen LogP contribution in [0.2, 0.25) is 20.4 Å². The number of aromatic nitrogens is 2. The third-order valence-electron chi connectivity index (χ3n) is 2.16. The normalized spacial score (nSPS) is 10.7. The first-order chi connectivity index (χ1) is 8.47. The summed E-state index contributed by atoms with van der Waals surface area (Å²) in [4.78, 5) is 7.60. The molecule has 2 rings (SSSR count). The quantitative estimate of drug-likeness (QED) is 0.740. The topological polar surface area (TPSA) is 25.8 Å². The second-order valence-corrected chi connectivity index (χ2v) is 4.99. The van der Waals surface area contributed by atoms with E-state index >= 15 is 0 Å². The van der Waals surface area contributed by atoms with Crippen LogP contribution >= 0.6 is 46.4 Å². The Hall–Kier alpha value is -0.610. The molecule has 1 heterocycles. The lowest BCUT2D eigenvalue weighted by Gasteiger charge is -2.04. The molecule has 0 fully saturated rings. The molecule has 2 nitrogen and oxygen atoms in total. The van der Waals surface area contributed by atoms with Crippen LogP contribution in [0.5, 0.6) is 0 Å². The third-order valence-corrected chi connectivity index (χ3v) is 3.40. The maximum Gasteiger partial charge on any atom is 0.197 e. The van der Waals surface area contributed by atoms with Crippen molar-refractivity contribution in [1.82, 2.24) is 9.97 Å². The average Bonchev–Trinajstić information content (AvgIpc) is 2.31. The molecular formula is C11H5Cl4FN2. The van der Waals surface area contributed by atoms with Gasteiger partial charge in [-0.1, -0.05) is 52.5 Å². The minimum absolute atomic E-state index is 0.301. The molecule has 0 aliphatic carbocycles.